The maximum absolute atomic E-state index is 12.6. The molecule has 0 unspecified atom stereocenters. The van der Waals surface area contributed by atoms with Crippen molar-refractivity contribution in [2.24, 2.45) is 5.73 Å². The third kappa shape index (κ3) is 3.60. The van der Waals surface area contributed by atoms with Gasteiger partial charge in [0.05, 0.1) is 5.39 Å². The fraction of sp³-hybridized carbons (Fsp3) is 0.143. The lowest BCUT2D eigenvalue weighted by molar-refractivity contribution is -0.121. The fourth-order valence-electron chi connectivity index (χ4n) is 3.39. The number of nitrogens with zero attached hydrogens (tertiary/aromatic N) is 2. The Balaban J connectivity index is 1.48. The van der Waals surface area contributed by atoms with Gasteiger partial charge in [-0.25, -0.2) is 4.68 Å². The first kappa shape index (κ1) is 18.4. The van der Waals surface area contributed by atoms with E-state index in [2.05, 4.69) is 15.4 Å². The number of primary amides is 1. The highest BCUT2D eigenvalue weighted by Gasteiger charge is 2.15. The molecule has 0 aliphatic carbocycles. The lowest BCUT2D eigenvalue weighted by atomic mass is 10.1. The van der Waals surface area contributed by atoms with Crippen molar-refractivity contribution >= 4 is 33.5 Å². The molecule has 0 bridgehead atoms. The van der Waals surface area contributed by atoms with Crippen molar-refractivity contribution in [2.45, 2.75) is 13.0 Å². The number of amides is 2. The van der Waals surface area contributed by atoms with E-state index in [1.807, 2.05) is 30.5 Å². The maximum Gasteiger partial charge on any atom is 0.275 e. The van der Waals surface area contributed by atoms with E-state index in [4.69, 9.17) is 5.73 Å². The Bertz CT molecular complexity index is 1290. The number of para-hydroxylation sites is 1. The van der Waals surface area contributed by atoms with Crippen LogP contribution in [-0.2, 0) is 17.8 Å². The molecule has 0 aliphatic rings. The molecule has 0 aliphatic heterocycles. The van der Waals surface area contributed by atoms with Gasteiger partial charge < -0.3 is 16.0 Å². The minimum absolute atomic E-state index is 0.0354. The summed E-state index contributed by atoms with van der Waals surface area (Å²) in [6.45, 7) is 0.115. The summed E-state index contributed by atoms with van der Waals surface area (Å²) in [7, 11) is 0. The monoisotopic (exact) mass is 389 g/mol. The highest BCUT2D eigenvalue weighted by molar-refractivity contribution is 6.04. The highest BCUT2D eigenvalue weighted by atomic mass is 16.2. The molecule has 0 radical (unpaired) electrons. The number of hydrogen-bond acceptors (Lipinski definition) is 4. The topological polar surface area (TPSA) is 123 Å². The lowest BCUT2D eigenvalue weighted by Crippen LogP contribution is -2.36. The summed E-state index contributed by atoms with van der Waals surface area (Å²) in [5, 5.41) is 8.57. The van der Waals surface area contributed by atoms with Crippen molar-refractivity contribution in [1.29, 1.82) is 0 Å². The van der Waals surface area contributed by atoms with Gasteiger partial charge in [-0.05, 0) is 24.1 Å². The third-order valence-electron chi connectivity index (χ3n) is 4.79. The Hall–Kier alpha value is -3.94. The average Bonchev–Trinajstić information content (AvgIpc) is 3.13. The molecule has 4 rings (SSSR count). The molecular weight excluding hydrogens is 370 g/mol. The summed E-state index contributed by atoms with van der Waals surface area (Å²) in [6, 6.07) is 14.5. The molecule has 0 fully saturated rings. The van der Waals surface area contributed by atoms with E-state index >= 15 is 0 Å². The van der Waals surface area contributed by atoms with Gasteiger partial charge in [-0.3, -0.25) is 14.4 Å². The van der Waals surface area contributed by atoms with Gasteiger partial charge in [0.1, 0.15) is 6.54 Å². The zero-order valence-electron chi connectivity index (χ0n) is 15.5. The standard InChI is InChI=1S/C21H19N5O3/c22-20(28)19-15-6-1-2-7-16(15)21(29)26(25-19)12-18(27)23-10-9-13-11-24-17-8-4-3-5-14(13)17/h1-8,11,24H,9-10,12H2,(H2,22,28)(H,23,27). The molecule has 0 saturated carbocycles. The van der Waals surface area contributed by atoms with E-state index in [0.29, 0.717) is 23.7 Å². The number of aromatic nitrogens is 3. The number of rotatable bonds is 6. The van der Waals surface area contributed by atoms with Gasteiger partial charge in [0.25, 0.3) is 11.5 Å². The molecule has 4 aromatic rings. The first-order valence-corrected chi connectivity index (χ1v) is 9.16. The first-order chi connectivity index (χ1) is 14.0. The molecule has 4 N–H and O–H groups in total. The highest BCUT2D eigenvalue weighted by Crippen LogP contribution is 2.17. The quantitative estimate of drug-likeness (QED) is 0.460. The normalized spacial score (nSPS) is 11.0. The lowest BCUT2D eigenvalue weighted by Gasteiger charge is -2.09. The van der Waals surface area contributed by atoms with Crippen molar-refractivity contribution in [2.75, 3.05) is 6.54 Å². The fourth-order valence-corrected chi connectivity index (χ4v) is 3.39. The minimum Gasteiger partial charge on any atom is -0.364 e. The number of benzene rings is 2. The molecule has 8 nitrogen and oxygen atoms in total. The number of H-pyrrole nitrogens is 1. The number of carbonyl (C=O) groups excluding carboxylic acids is 2. The zero-order valence-corrected chi connectivity index (χ0v) is 15.5. The van der Waals surface area contributed by atoms with Gasteiger partial charge in [0.15, 0.2) is 5.69 Å². The Labute approximate surface area is 165 Å². The van der Waals surface area contributed by atoms with Crippen LogP contribution >= 0.6 is 0 Å². The van der Waals surface area contributed by atoms with Crippen molar-refractivity contribution in [3.63, 3.8) is 0 Å². The van der Waals surface area contributed by atoms with Crippen LogP contribution in [0.1, 0.15) is 16.1 Å². The van der Waals surface area contributed by atoms with Crippen molar-refractivity contribution in [3.8, 4) is 0 Å². The summed E-state index contributed by atoms with van der Waals surface area (Å²) in [5.74, 6) is -1.13. The number of nitrogens with one attached hydrogen (secondary N) is 2. The first-order valence-electron chi connectivity index (χ1n) is 9.16. The molecule has 29 heavy (non-hydrogen) atoms. The van der Waals surface area contributed by atoms with E-state index in [-0.39, 0.29) is 18.1 Å². The van der Waals surface area contributed by atoms with Gasteiger partial charge in [0, 0.05) is 29.0 Å². The summed E-state index contributed by atoms with van der Waals surface area (Å²) >= 11 is 0. The number of aromatic amines is 1. The second kappa shape index (κ2) is 7.59. The minimum atomic E-state index is -0.755. The van der Waals surface area contributed by atoms with Crippen LogP contribution in [0.25, 0.3) is 21.7 Å². The second-order valence-electron chi connectivity index (χ2n) is 6.68. The number of nitrogens with two attached hydrogens (primary N) is 1. The average molecular weight is 389 g/mol. The molecule has 2 amide bonds. The Kier molecular flexibility index (Phi) is 4.82. The molecular formula is C21H19N5O3. The van der Waals surface area contributed by atoms with Crippen LogP contribution in [0, 0.1) is 0 Å². The predicted octanol–water partition coefficient (Wildman–Crippen LogP) is 1.34. The Morgan fingerprint density at radius 3 is 2.48 bits per heavy atom. The maximum atomic E-state index is 12.6. The molecule has 2 aromatic carbocycles. The molecule has 8 heteroatoms. The second-order valence-corrected chi connectivity index (χ2v) is 6.68. The van der Waals surface area contributed by atoms with E-state index in [1.54, 1.807) is 24.3 Å². The summed E-state index contributed by atoms with van der Waals surface area (Å²) in [4.78, 5) is 39.9. The molecule has 0 spiro atoms. The van der Waals surface area contributed by atoms with Crippen LogP contribution in [0.5, 0.6) is 0 Å². The molecule has 2 aromatic heterocycles. The van der Waals surface area contributed by atoms with Crippen molar-refractivity contribution in [3.05, 3.63) is 76.3 Å². The van der Waals surface area contributed by atoms with Crippen LogP contribution in [0.3, 0.4) is 0 Å². The van der Waals surface area contributed by atoms with Gasteiger partial charge in [-0.1, -0.05) is 36.4 Å². The van der Waals surface area contributed by atoms with Crippen molar-refractivity contribution in [1.82, 2.24) is 20.1 Å². The van der Waals surface area contributed by atoms with E-state index in [0.717, 1.165) is 21.1 Å². The zero-order chi connectivity index (χ0) is 20.4. The van der Waals surface area contributed by atoms with Gasteiger partial charge in [0.2, 0.25) is 5.91 Å². The van der Waals surface area contributed by atoms with Crippen LogP contribution in [0.4, 0.5) is 0 Å². The Morgan fingerprint density at radius 2 is 1.72 bits per heavy atom. The smallest absolute Gasteiger partial charge is 0.275 e. The molecule has 2 heterocycles. The van der Waals surface area contributed by atoms with Crippen LogP contribution < -0.4 is 16.6 Å². The summed E-state index contributed by atoms with van der Waals surface area (Å²) in [5.41, 5.74) is 7.04. The number of carbonyl (C=O) groups is 2. The molecule has 146 valence electrons. The number of fused-ring (bicyclic) bond motifs is 2. The molecule has 0 atom stereocenters. The number of hydrogen-bond donors (Lipinski definition) is 3. The van der Waals surface area contributed by atoms with Gasteiger partial charge in [-0.15, -0.1) is 0 Å². The van der Waals surface area contributed by atoms with E-state index in [1.165, 1.54) is 0 Å². The third-order valence-corrected chi connectivity index (χ3v) is 4.79. The summed E-state index contributed by atoms with van der Waals surface area (Å²) < 4.78 is 0.976. The van der Waals surface area contributed by atoms with Crippen LogP contribution in [-0.4, -0.2) is 33.1 Å². The van der Waals surface area contributed by atoms with Gasteiger partial charge in [-0.2, -0.15) is 5.10 Å². The van der Waals surface area contributed by atoms with E-state index < -0.39 is 11.5 Å². The largest absolute Gasteiger partial charge is 0.364 e. The summed E-state index contributed by atoms with van der Waals surface area (Å²) in [6.07, 6.45) is 2.56. The predicted molar refractivity (Wildman–Crippen MR) is 110 cm³/mol. The van der Waals surface area contributed by atoms with Gasteiger partial charge >= 0.3 is 0 Å². The van der Waals surface area contributed by atoms with Crippen LogP contribution in [0.15, 0.2) is 59.5 Å². The van der Waals surface area contributed by atoms with Crippen LogP contribution in [0.2, 0.25) is 0 Å². The Morgan fingerprint density at radius 1 is 1.03 bits per heavy atom. The van der Waals surface area contributed by atoms with Crippen molar-refractivity contribution < 1.29 is 9.59 Å². The van der Waals surface area contributed by atoms with E-state index in [9.17, 15) is 14.4 Å². The molecule has 0 saturated heterocycles. The SMILES string of the molecule is NC(=O)c1nn(CC(=O)NCCc2c[nH]c3ccccc23)c(=O)c2ccccc12.